The predicted molar refractivity (Wildman–Crippen MR) is 109 cm³/mol. The Labute approximate surface area is 176 Å². The van der Waals surface area contributed by atoms with Crippen LogP contribution in [0, 0.1) is 11.6 Å². The molecule has 1 fully saturated rings. The lowest BCUT2D eigenvalue weighted by Gasteiger charge is -2.32. The molecule has 30 heavy (non-hydrogen) atoms. The first kappa shape index (κ1) is 19.2. The number of benzene rings is 3. The van der Waals surface area contributed by atoms with Crippen LogP contribution in [0.3, 0.4) is 0 Å². The van der Waals surface area contributed by atoms with Gasteiger partial charge in [0.05, 0.1) is 24.6 Å². The minimum Gasteiger partial charge on any atom is -0.338 e. The Balaban J connectivity index is 1.61. The summed E-state index contributed by atoms with van der Waals surface area (Å²) in [5.41, 5.74) is 1.32. The number of carbonyl (C=O) groups excluding carboxylic acids is 1. The number of amides is 1. The van der Waals surface area contributed by atoms with Gasteiger partial charge in [0.15, 0.2) is 11.6 Å². The topological polar surface area (TPSA) is 38.8 Å². The van der Waals surface area contributed by atoms with E-state index in [4.69, 9.17) is 9.47 Å². The molecule has 152 valence electrons. The zero-order chi connectivity index (χ0) is 20.7. The van der Waals surface area contributed by atoms with Gasteiger partial charge >= 0.3 is 0 Å². The molecule has 0 unspecified atom stereocenters. The molecule has 0 atom stereocenters. The Hall–Kier alpha value is -2.74. The third-order valence-corrected chi connectivity index (χ3v) is 6.09. The summed E-state index contributed by atoms with van der Waals surface area (Å²) in [5, 5.41) is 0. The average molecular weight is 425 g/mol. The first-order valence-electron chi connectivity index (χ1n) is 9.53. The quantitative estimate of drug-likeness (QED) is 0.565. The second-order valence-corrected chi connectivity index (χ2v) is 8.15. The van der Waals surface area contributed by atoms with Crippen LogP contribution >= 0.6 is 11.8 Å². The second kappa shape index (κ2) is 7.50. The van der Waals surface area contributed by atoms with E-state index >= 15 is 0 Å². The molecule has 1 saturated heterocycles. The van der Waals surface area contributed by atoms with Crippen LogP contribution in [-0.4, -0.2) is 19.1 Å². The number of carbonyl (C=O) groups is 1. The molecule has 0 bridgehead atoms. The summed E-state index contributed by atoms with van der Waals surface area (Å²) in [7, 11) is 0. The van der Waals surface area contributed by atoms with E-state index in [1.165, 1.54) is 11.0 Å². The van der Waals surface area contributed by atoms with Gasteiger partial charge in [-0.25, -0.2) is 8.78 Å². The number of anilines is 2. The van der Waals surface area contributed by atoms with E-state index in [0.717, 1.165) is 21.9 Å². The summed E-state index contributed by atoms with van der Waals surface area (Å²) in [4.78, 5) is 16.8. The highest BCUT2D eigenvalue weighted by Crippen LogP contribution is 2.49. The maximum atomic E-state index is 13.9. The van der Waals surface area contributed by atoms with Crippen LogP contribution in [0.5, 0.6) is 0 Å². The first-order chi connectivity index (χ1) is 14.6. The number of fused-ring (bicyclic) bond motifs is 2. The maximum absolute atomic E-state index is 13.9. The molecule has 4 nitrogen and oxygen atoms in total. The Morgan fingerprint density at radius 1 is 0.867 bits per heavy atom. The fourth-order valence-corrected chi connectivity index (χ4v) is 4.60. The normalized spacial score (nSPS) is 17.4. The monoisotopic (exact) mass is 425 g/mol. The van der Waals surface area contributed by atoms with E-state index in [-0.39, 0.29) is 5.69 Å². The molecule has 3 aromatic carbocycles. The van der Waals surface area contributed by atoms with Gasteiger partial charge in [-0.05, 0) is 48.9 Å². The lowest BCUT2D eigenvalue weighted by molar-refractivity contribution is -0.256. The van der Waals surface area contributed by atoms with Gasteiger partial charge in [0.1, 0.15) is 0 Å². The van der Waals surface area contributed by atoms with Crippen LogP contribution < -0.4 is 4.90 Å². The molecule has 3 aromatic rings. The van der Waals surface area contributed by atoms with E-state index in [1.54, 1.807) is 17.8 Å². The van der Waals surface area contributed by atoms with E-state index in [1.807, 2.05) is 42.5 Å². The Kier molecular flexibility index (Phi) is 4.81. The Morgan fingerprint density at radius 3 is 2.37 bits per heavy atom. The van der Waals surface area contributed by atoms with Gasteiger partial charge in [-0.2, -0.15) is 0 Å². The zero-order valence-corrected chi connectivity index (χ0v) is 16.6. The van der Waals surface area contributed by atoms with Crippen LogP contribution in [0.1, 0.15) is 12.0 Å². The minimum atomic E-state index is -1.58. The van der Waals surface area contributed by atoms with Crippen molar-refractivity contribution in [2.45, 2.75) is 22.0 Å². The fraction of sp³-hybridized carbons (Fsp3) is 0.174. The largest absolute Gasteiger partial charge is 0.338 e. The maximum Gasteiger partial charge on any atom is 0.297 e. The van der Waals surface area contributed by atoms with Crippen LogP contribution in [0.25, 0.3) is 0 Å². The number of halogens is 2. The molecular weight excluding hydrogens is 408 g/mol. The molecule has 2 aliphatic rings. The third kappa shape index (κ3) is 3.10. The molecule has 0 N–H and O–H groups in total. The highest BCUT2D eigenvalue weighted by atomic mass is 32.2. The van der Waals surface area contributed by atoms with Crippen molar-refractivity contribution < 1.29 is 23.0 Å². The van der Waals surface area contributed by atoms with Gasteiger partial charge in [-0.1, -0.05) is 30.0 Å². The van der Waals surface area contributed by atoms with E-state index in [9.17, 15) is 13.6 Å². The first-order valence-corrected chi connectivity index (χ1v) is 10.4. The van der Waals surface area contributed by atoms with Crippen LogP contribution in [0.2, 0.25) is 0 Å². The van der Waals surface area contributed by atoms with Crippen LogP contribution in [0.15, 0.2) is 76.5 Å². The highest BCUT2D eigenvalue weighted by Gasteiger charge is 2.55. The molecule has 7 heteroatoms. The number of rotatable bonds is 3. The van der Waals surface area contributed by atoms with Crippen molar-refractivity contribution in [1.82, 2.24) is 0 Å². The molecule has 5 rings (SSSR count). The third-order valence-electron chi connectivity index (χ3n) is 5.09. The summed E-state index contributed by atoms with van der Waals surface area (Å²) in [6.45, 7) is 0.736. The average Bonchev–Trinajstić information content (AvgIpc) is 2.99. The van der Waals surface area contributed by atoms with Gasteiger partial charge in [-0.3, -0.25) is 9.69 Å². The van der Waals surface area contributed by atoms with Crippen LogP contribution in [0.4, 0.5) is 20.2 Å². The molecule has 0 aromatic heterocycles. The van der Waals surface area contributed by atoms with Crippen LogP contribution in [-0.2, 0) is 20.1 Å². The van der Waals surface area contributed by atoms with E-state index < -0.39 is 23.3 Å². The molecule has 1 spiro atoms. The number of ether oxygens (including phenoxy) is 2. The van der Waals surface area contributed by atoms with Crippen molar-refractivity contribution in [3.8, 4) is 0 Å². The number of hydrogen-bond acceptors (Lipinski definition) is 4. The Bertz CT molecular complexity index is 1120. The minimum absolute atomic E-state index is 0.221. The molecule has 2 aliphatic heterocycles. The van der Waals surface area contributed by atoms with Crippen molar-refractivity contribution in [2.24, 2.45) is 0 Å². The lowest BCUT2D eigenvalue weighted by Crippen LogP contribution is -2.46. The predicted octanol–water partition coefficient (Wildman–Crippen LogP) is 5.38. The van der Waals surface area contributed by atoms with Crippen molar-refractivity contribution in [2.75, 3.05) is 18.1 Å². The van der Waals surface area contributed by atoms with Crippen molar-refractivity contribution in [3.63, 3.8) is 0 Å². The SMILES string of the molecule is O=C1N(c2ccc(F)c(F)c2)c2ccc(Sc3ccccc3)cc2C12OCCCO2. The molecule has 0 saturated carbocycles. The smallest absolute Gasteiger partial charge is 0.297 e. The van der Waals surface area contributed by atoms with Gasteiger partial charge in [0.2, 0.25) is 0 Å². The van der Waals surface area contributed by atoms with E-state index in [0.29, 0.717) is 30.9 Å². The van der Waals surface area contributed by atoms with Crippen molar-refractivity contribution >= 4 is 29.0 Å². The summed E-state index contributed by atoms with van der Waals surface area (Å²) in [6.07, 6.45) is 0.675. The molecule has 2 heterocycles. The summed E-state index contributed by atoms with van der Waals surface area (Å²) in [6, 6.07) is 18.8. The Morgan fingerprint density at radius 2 is 1.63 bits per heavy atom. The summed E-state index contributed by atoms with van der Waals surface area (Å²) >= 11 is 1.55. The van der Waals surface area contributed by atoms with Gasteiger partial charge in [-0.15, -0.1) is 0 Å². The summed E-state index contributed by atoms with van der Waals surface area (Å²) in [5.74, 6) is -4.04. The second-order valence-electron chi connectivity index (χ2n) is 7.00. The molecule has 1 amide bonds. The van der Waals surface area contributed by atoms with Gasteiger partial charge in [0, 0.05) is 21.4 Å². The van der Waals surface area contributed by atoms with Crippen molar-refractivity contribution in [1.29, 1.82) is 0 Å². The number of hydrogen-bond donors (Lipinski definition) is 0. The standard InChI is InChI=1S/C23H17F2NO3S/c24-19-9-7-15(13-20(19)25)26-21-10-8-17(30-16-5-2-1-3-6-16)14-18(21)23(22(26)27)28-11-4-12-29-23/h1-3,5-10,13-14H,4,11-12H2. The number of nitrogens with zero attached hydrogens (tertiary/aromatic N) is 1. The molecular formula is C23H17F2NO3S. The summed E-state index contributed by atoms with van der Waals surface area (Å²) < 4.78 is 39.1. The van der Waals surface area contributed by atoms with E-state index in [2.05, 4.69) is 0 Å². The molecule has 0 aliphatic carbocycles. The highest BCUT2D eigenvalue weighted by molar-refractivity contribution is 7.99. The lowest BCUT2D eigenvalue weighted by atomic mass is 10.1. The fourth-order valence-electron chi connectivity index (χ4n) is 3.73. The molecule has 0 radical (unpaired) electrons. The zero-order valence-electron chi connectivity index (χ0n) is 15.8. The van der Waals surface area contributed by atoms with Crippen molar-refractivity contribution in [3.05, 3.63) is 83.9 Å². The van der Waals surface area contributed by atoms with Gasteiger partial charge in [0.25, 0.3) is 11.7 Å². The van der Waals surface area contributed by atoms with Gasteiger partial charge < -0.3 is 9.47 Å².